The van der Waals surface area contributed by atoms with Crippen LogP contribution in [0, 0.1) is 0 Å². The molecule has 7 nitrogen and oxygen atoms in total. The molecule has 0 saturated heterocycles. The van der Waals surface area contributed by atoms with Crippen LogP contribution >= 0.6 is 11.3 Å². The second-order valence-corrected chi connectivity index (χ2v) is 4.73. The van der Waals surface area contributed by atoms with Gasteiger partial charge in [-0.1, -0.05) is 6.07 Å². The lowest BCUT2D eigenvalue weighted by Gasteiger charge is -2.11. The Morgan fingerprint density at radius 1 is 1.47 bits per heavy atom. The summed E-state index contributed by atoms with van der Waals surface area (Å²) >= 11 is 1.52. The summed E-state index contributed by atoms with van der Waals surface area (Å²) < 4.78 is 4.72. The molecule has 0 bridgehead atoms. The van der Waals surface area contributed by atoms with E-state index in [2.05, 4.69) is 10.6 Å². The maximum Gasteiger partial charge on any atom is 0.328 e. The number of carbonyl (C=O) groups excluding carboxylic acids is 3. The topological polar surface area (TPSA) is 111 Å². The van der Waals surface area contributed by atoms with E-state index in [1.165, 1.54) is 18.3 Å². The molecule has 0 aliphatic carbocycles. The Labute approximate surface area is 114 Å². The van der Waals surface area contributed by atoms with Crippen molar-refractivity contribution in [3.05, 3.63) is 22.4 Å². The van der Waals surface area contributed by atoms with E-state index >= 15 is 0 Å². The molecule has 0 saturated carbocycles. The Kier molecular flexibility index (Phi) is 5.80. The maximum atomic E-state index is 11.4. The van der Waals surface area contributed by atoms with Gasteiger partial charge in [0.15, 0.2) is 6.61 Å². The Bertz CT molecular complexity index is 447. The molecule has 0 spiro atoms. The highest BCUT2D eigenvalue weighted by Crippen LogP contribution is 2.07. The Morgan fingerprint density at radius 3 is 2.79 bits per heavy atom. The summed E-state index contributed by atoms with van der Waals surface area (Å²) in [6.07, 6.45) is 0. The van der Waals surface area contributed by atoms with Gasteiger partial charge in [0, 0.05) is 4.88 Å². The smallest absolute Gasteiger partial charge is 0.328 e. The zero-order valence-electron chi connectivity index (χ0n) is 10.3. The van der Waals surface area contributed by atoms with Crippen molar-refractivity contribution in [1.29, 1.82) is 0 Å². The van der Waals surface area contributed by atoms with Crippen LogP contribution in [-0.2, 0) is 20.9 Å². The maximum absolute atomic E-state index is 11.4. The predicted octanol–water partition coefficient (Wildman–Crippen LogP) is -0.0357. The van der Waals surface area contributed by atoms with Crippen molar-refractivity contribution in [1.82, 2.24) is 10.6 Å². The van der Waals surface area contributed by atoms with E-state index in [-0.39, 0.29) is 0 Å². The van der Waals surface area contributed by atoms with Crippen LogP contribution in [-0.4, -0.2) is 30.6 Å². The minimum atomic E-state index is -0.886. The summed E-state index contributed by atoms with van der Waals surface area (Å²) in [6, 6.07) is 2.05. The molecule has 3 amide bonds. The number of hydrogen-bond donors (Lipinski definition) is 3. The van der Waals surface area contributed by atoms with Crippen LogP contribution in [0.25, 0.3) is 0 Å². The molecular weight excluding hydrogens is 270 g/mol. The molecule has 4 N–H and O–H groups in total. The first-order valence-corrected chi connectivity index (χ1v) is 6.38. The zero-order chi connectivity index (χ0) is 14.3. The second-order valence-electron chi connectivity index (χ2n) is 3.69. The van der Waals surface area contributed by atoms with Crippen molar-refractivity contribution < 1.29 is 19.1 Å². The average Bonchev–Trinajstić information content (AvgIpc) is 2.85. The number of esters is 1. The fourth-order valence-electron chi connectivity index (χ4n) is 1.18. The highest BCUT2D eigenvalue weighted by atomic mass is 32.1. The molecule has 104 valence electrons. The van der Waals surface area contributed by atoms with Crippen LogP contribution in [0.1, 0.15) is 11.8 Å². The first-order valence-electron chi connectivity index (χ1n) is 5.50. The van der Waals surface area contributed by atoms with Gasteiger partial charge in [0.1, 0.15) is 6.04 Å². The zero-order valence-corrected chi connectivity index (χ0v) is 11.2. The fourth-order valence-corrected chi connectivity index (χ4v) is 1.83. The molecule has 0 unspecified atom stereocenters. The molecule has 19 heavy (non-hydrogen) atoms. The van der Waals surface area contributed by atoms with Crippen LogP contribution in [0.5, 0.6) is 0 Å². The molecule has 0 aromatic carbocycles. The van der Waals surface area contributed by atoms with E-state index in [0.717, 1.165) is 4.88 Å². The van der Waals surface area contributed by atoms with Gasteiger partial charge in [0.05, 0.1) is 6.54 Å². The third kappa shape index (κ3) is 5.87. The van der Waals surface area contributed by atoms with E-state index in [1.807, 2.05) is 17.5 Å². The van der Waals surface area contributed by atoms with E-state index in [9.17, 15) is 14.4 Å². The molecule has 1 aromatic heterocycles. The first kappa shape index (κ1) is 15.0. The summed E-state index contributed by atoms with van der Waals surface area (Å²) in [5, 5.41) is 6.66. The van der Waals surface area contributed by atoms with Gasteiger partial charge in [-0.05, 0) is 18.4 Å². The normalized spacial score (nSPS) is 11.4. The molecule has 0 aliphatic heterocycles. The standard InChI is InChI=1S/C11H15N3O4S/c1-7(14-11(12)17)10(16)18-6-9(15)13-5-8-3-2-4-19-8/h2-4,7H,5-6H2,1H3,(H,13,15)(H3,12,14,17)/t7-/m0/s1. The van der Waals surface area contributed by atoms with E-state index in [4.69, 9.17) is 10.5 Å². The number of thiophene rings is 1. The molecule has 8 heteroatoms. The number of hydrogen-bond acceptors (Lipinski definition) is 5. The van der Waals surface area contributed by atoms with Gasteiger partial charge in [0.2, 0.25) is 0 Å². The van der Waals surface area contributed by atoms with Gasteiger partial charge in [0.25, 0.3) is 5.91 Å². The van der Waals surface area contributed by atoms with Crippen LogP contribution < -0.4 is 16.4 Å². The van der Waals surface area contributed by atoms with Gasteiger partial charge < -0.3 is 21.1 Å². The Hall–Kier alpha value is -2.09. The van der Waals surface area contributed by atoms with Crippen LogP contribution in [0.15, 0.2) is 17.5 Å². The van der Waals surface area contributed by atoms with Crippen molar-refractivity contribution in [2.75, 3.05) is 6.61 Å². The summed E-state index contributed by atoms with van der Waals surface area (Å²) in [7, 11) is 0. The third-order valence-corrected chi connectivity index (χ3v) is 2.97. The molecule has 0 aliphatic rings. The molecule has 0 fully saturated rings. The number of rotatable bonds is 6. The highest BCUT2D eigenvalue weighted by molar-refractivity contribution is 7.09. The average molecular weight is 285 g/mol. The van der Waals surface area contributed by atoms with Gasteiger partial charge in [-0.25, -0.2) is 9.59 Å². The lowest BCUT2D eigenvalue weighted by atomic mass is 10.3. The van der Waals surface area contributed by atoms with Crippen molar-refractivity contribution in [2.45, 2.75) is 19.5 Å². The number of amides is 3. The van der Waals surface area contributed by atoms with Crippen molar-refractivity contribution in [3.8, 4) is 0 Å². The van der Waals surface area contributed by atoms with Crippen molar-refractivity contribution in [2.24, 2.45) is 5.73 Å². The molecule has 1 atom stereocenters. The first-order chi connectivity index (χ1) is 8.99. The molecule has 1 aromatic rings. The second kappa shape index (κ2) is 7.37. The predicted molar refractivity (Wildman–Crippen MR) is 69.3 cm³/mol. The van der Waals surface area contributed by atoms with Gasteiger partial charge in [-0.3, -0.25) is 4.79 Å². The van der Waals surface area contributed by atoms with Crippen LogP contribution in [0.3, 0.4) is 0 Å². The van der Waals surface area contributed by atoms with Gasteiger partial charge in [-0.2, -0.15) is 0 Å². The number of primary amides is 1. The van der Waals surface area contributed by atoms with Crippen LogP contribution in [0.4, 0.5) is 4.79 Å². The Balaban J connectivity index is 2.22. The highest BCUT2D eigenvalue weighted by Gasteiger charge is 2.16. The van der Waals surface area contributed by atoms with Gasteiger partial charge in [-0.15, -0.1) is 11.3 Å². The fraction of sp³-hybridized carbons (Fsp3) is 0.364. The molecule has 1 heterocycles. The lowest BCUT2D eigenvalue weighted by Crippen LogP contribution is -2.43. The van der Waals surface area contributed by atoms with E-state index in [0.29, 0.717) is 6.54 Å². The number of carbonyl (C=O) groups is 3. The monoisotopic (exact) mass is 285 g/mol. The number of urea groups is 1. The number of nitrogens with one attached hydrogen (secondary N) is 2. The van der Waals surface area contributed by atoms with E-state index < -0.39 is 30.6 Å². The van der Waals surface area contributed by atoms with Gasteiger partial charge >= 0.3 is 12.0 Å². The largest absolute Gasteiger partial charge is 0.454 e. The minimum Gasteiger partial charge on any atom is -0.454 e. The molecule has 1 rings (SSSR count). The summed E-state index contributed by atoms with van der Waals surface area (Å²) in [5.41, 5.74) is 4.85. The molecule has 0 radical (unpaired) electrons. The summed E-state index contributed by atoms with van der Waals surface area (Å²) in [4.78, 5) is 34.3. The Morgan fingerprint density at radius 2 is 2.21 bits per heavy atom. The lowest BCUT2D eigenvalue weighted by molar-refractivity contribution is -0.150. The minimum absolute atomic E-state index is 0.392. The molecular formula is C11H15N3O4S. The van der Waals surface area contributed by atoms with Crippen LogP contribution in [0.2, 0.25) is 0 Å². The van der Waals surface area contributed by atoms with E-state index in [1.54, 1.807) is 0 Å². The van der Waals surface area contributed by atoms with Crippen molar-refractivity contribution in [3.63, 3.8) is 0 Å². The SMILES string of the molecule is C[C@H](NC(N)=O)C(=O)OCC(=O)NCc1cccs1. The quantitative estimate of drug-likeness (QED) is 0.637. The summed E-state index contributed by atoms with van der Waals surface area (Å²) in [5.74, 6) is -1.13. The third-order valence-electron chi connectivity index (χ3n) is 2.10. The van der Waals surface area contributed by atoms with Crippen molar-refractivity contribution >= 4 is 29.2 Å². The number of ether oxygens (including phenoxy) is 1. The summed E-state index contributed by atoms with van der Waals surface area (Å²) in [6.45, 7) is 1.41. The number of nitrogens with two attached hydrogens (primary N) is 1.